The lowest BCUT2D eigenvalue weighted by molar-refractivity contribution is -0.326. The first-order chi connectivity index (χ1) is 28.4. The zero-order valence-corrected chi connectivity index (χ0v) is 36.9. The van der Waals surface area contributed by atoms with Gasteiger partial charge in [-0.25, -0.2) is 9.59 Å². The second kappa shape index (κ2) is 15.9. The molecule has 2 aromatic carbocycles. The van der Waals surface area contributed by atoms with Crippen LogP contribution in [0.25, 0.3) is 0 Å². The average molecular weight is 846 g/mol. The Morgan fingerprint density at radius 1 is 0.933 bits per heavy atom. The second-order valence-electron chi connectivity index (χ2n) is 18.1. The van der Waals surface area contributed by atoms with Gasteiger partial charge in [0.05, 0.1) is 24.1 Å². The molecule has 0 amide bonds. The lowest BCUT2D eigenvalue weighted by Gasteiger charge is -2.64. The summed E-state index contributed by atoms with van der Waals surface area (Å²) in [6, 6.07) is 18.7. The number of hydrogen-bond acceptors (Lipinski definition) is 13. The van der Waals surface area contributed by atoms with Crippen LogP contribution in [0.1, 0.15) is 96.6 Å². The highest BCUT2D eigenvalue weighted by molar-refractivity contribution is 6.73. The van der Waals surface area contributed by atoms with Crippen LogP contribution in [-0.2, 0) is 47.3 Å². The molecule has 60 heavy (non-hydrogen) atoms. The van der Waals surface area contributed by atoms with E-state index in [9.17, 15) is 24.3 Å². The number of benzene rings is 2. The van der Waals surface area contributed by atoms with Gasteiger partial charge < -0.3 is 39.0 Å². The zero-order chi connectivity index (χ0) is 43.6. The molecule has 324 valence electrons. The first-order valence-electron chi connectivity index (χ1n) is 21.3. The molecule has 3 saturated carbocycles. The minimum absolute atomic E-state index is 0.00483. The molecule has 3 N–H and O–H groups in total. The number of fused-ring (bicyclic) bond motifs is 4. The van der Waals surface area contributed by atoms with Gasteiger partial charge in [0.1, 0.15) is 23.6 Å². The van der Waals surface area contributed by atoms with Crippen molar-refractivity contribution in [1.29, 1.82) is 0 Å². The fraction of sp³-hybridized carbons (Fsp3) is 0.587. The van der Waals surface area contributed by atoms with Crippen molar-refractivity contribution in [2.24, 2.45) is 34.3 Å². The molecule has 1 aliphatic heterocycles. The lowest BCUT2D eigenvalue weighted by Crippen LogP contribution is -2.78. The van der Waals surface area contributed by atoms with Gasteiger partial charge in [0, 0.05) is 37.0 Å². The van der Waals surface area contributed by atoms with E-state index < -0.39 is 102 Å². The maximum Gasteiger partial charge on any atom is 0.341 e. The van der Waals surface area contributed by atoms with Crippen LogP contribution >= 0.6 is 0 Å². The molecular weight excluding hydrogens is 787 g/mol. The summed E-state index contributed by atoms with van der Waals surface area (Å²) in [6.45, 7) is 13.6. The maximum atomic E-state index is 15.6. The van der Waals surface area contributed by atoms with Crippen LogP contribution < -0.4 is 5.73 Å². The minimum Gasteiger partial charge on any atom is -0.455 e. The second-order valence-corrected chi connectivity index (χ2v) is 22.9. The molecule has 4 aliphatic carbocycles. The van der Waals surface area contributed by atoms with Crippen molar-refractivity contribution in [1.82, 2.24) is 0 Å². The lowest BCUT2D eigenvalue weighted by atomic mass is 9.47. The molecule has 7 rings (SSSR count). The minimum atomic E-state index is -2.51. The summed E-state index contributed by atoms with van der Waals surface area (Å²) in [5.74, 6) is -5.88. The molecular formula is C46H59NO12Si. The fourth-order valence-electron chi connectivity index (χ4n) is 11.3. The summed E-state index contributed by atoms with van der Waals surface area (Å²) in [4.78, 5) is 70.8. The number of ether oxygens (including phenoxy) is 5. The Balaban J connectivity index is 1.42. The van der Waals surface area contributed by atoms with Gasteiger partial charge in [-0.15, -0.1) is 0 Å². The number of carbonyl (C=O) groups is 5. The van der Waals surface area contributed by atoms with Gasteiger partial charge >= 0.3 is 23.9 Å². The third-order valence-corrected chi connectivity index (χ3v) is 19.6. The first-order valence-corrected chi connectivity index (χ1v) is 23.8. The molecule has 2 aromatic rings. The monoisotopic (exact) mass is 845 g/mol. The van der Waals surface area contributed by atoms with E-state index in [0.717, 1.165) is 18.1 Å². The molecule has 0 radical (unpaired) electrons. The van der Waals surface area contributed by atoms with E-state index >= 15 is 4.79 Å². The summed E-state index contributed by atoms with van der Waals surface area (Å²) in [6.07, 6.45) is -4.59. The highest BCUT2D eigenvalue weighted by Gasteiger charge is 2.84. The Labute approximate surface area is 352 Å². The third-order valence-electron chi connectivity index (χ3n) is 15.0. The molecule has 14 heteroatoms. The van der Waals surface area contributed by atoms with Crippen molar-refractivity contribution in [3.05, 3.63) is 83.1 Å². The van der Waals surface area contributed by atoms with Gasteiger partial charge in [-0.05, 0) is 67.1 Å². The largest absolute Gasteiger partial charge is 0.455 e. The first kappa shape index (κ1) is 43.9. The SMILES string of the molecule is CC[Si](CC)(CC)O[C@@H](C(=O)OC1=C(C)C2[C@@H](OC(C)=O)C(=O)[C@]34C[C@H]3C[C@H]3OC[C@@]3(OC(C)=O)[C@H]4[C@H](OC(=O)c3ccccc3)[C@](O)(C1)C2(C)C)[C@@H](N)c1ccccc1. The highest BCUT2D eigenvalue weighted by Crippen LogP contribution is 2.75. The van der Waals surface area contributed by atoms with Crippen molar-refractivity contribution in [3.63, 3.8) is 0 Å². The number of hydrogen-bond donors (Lipinski definition) is 2. The molecule has 1 saturated heterocycles. The van der Waals surface area contributed by atoms with E-state index in [-0.39, 0.29) is 30.3 Å². The average Bonchev–Trinajstić information content (AvgIpc) is 3.95. The molecule has 1 heterocycles. The number of rotatable bonds is 13. The van der Waals surface area contributed by atoms with Gasteiger partial charge in [0.25, 0.3) is 0 Å². The maximum absolute atomic E-state index is 15.6. The number of carbonyl (C=O) groups excluding carboxylic acids is 5. The molecule has 5 aliphatic rings. The Morgan fingerprint density at radius 2 is 1.55 bits per heavy atom. The van der Waals surface area contributed by atoms with Crippen LogP contribution in [0.5, 0.6) is 0 Å². The van der Waals surface area contributed by atoms with Crippen molar-refractivity contribution in [3.8, 4) is 0 Å². The summed E-state index contributed by atoms with van der Waals surface area (Å²) in [5.41, 5.74) is 1.77. The van der Waals surface area contributed by atoms with E-state index in [1.807, 2.05) is 51.1 Å². The van der Waals surface area contributed by atoms with E-state index in [1.54, 1.807) is 51.1 Å². The van der Waals surface area contributed by atoms with Gasteiger partial charge in [-0.3, -0.25) is 14.4 Å². The van der Waals surface area contributed by atoms with Crippen LogP contribution in [0.2, 0.25) is 18.1 Å². The molecule has 0 aromatic heterocycles. The van der Waals surface area contributed by atoms with E-state index in [4.69, 9.17) is 33.8 Å². The predicted octanol–water partition coefficient (Wildman–Crippen LogP) is 6.14. The fourth-order valence-corrected chi connectivity index (χ4v) is 14.1. The standard InChI is InChI=1S/C46H59NO12Si/c1-9-60(10-2,11-3)59-37(35(47)29-18-14-12-15-19-29)42(52)56-32-24-46(53)40(57-41(51)30-20-16-13-17-21-30)38-44(23-31(44)22-33-45(38,25-54-33)58-28(6)49)39(50)36(55-27(5)48)34(26(32)4)43(46,7)8/h12-21,31,33-38,40,53H,9-11,22-25,47H2,1-8H3/t31-,33-,34?,35+,36-,37-,38+,40+,44-,45+,46-/m1/s1. The Hall–Kier alpha value is -4.21. The van der Waals surface area contributed by atoms with Crippen molar-refractivity contribution >= 4 is 38.0 Å². The van der Waals surface area contributed by atoms with Crippen molar-refractivity contribution < 1.29 is 57.2 Å². The summed E-state index contributed by atoms with van der Waals surface area (Å²) < 4.78 is 38.1. The molecule has 13 nitrogen and oxygen atoms in total. The Bertz CT molecular complexity index is 2040. The van der Waals surface area contributed by atoms with Crippen LogP contribution in [0, 0.1) is 28.6 Å². The summed E-state index contributed by atoms with van der Waals surface area (Å²) >= 11 is 0. The molecule has 1 unspecified atom stereocenters. The molecule has 1 spiro atoms. The number of ketones is 1. The molecule has 2 bridgehead atoms. The number of Topliss-reactive ketones (excluding diaryl/α,β-unsaturated/α-hetero) is 1. The predicted molar refractivity (Wildman–Crippen MR) is 220 cm³/mol. The third kappa shape index (κ3) is 6.86. The number of nitrogens with two attached hydrogens (primary N) is 1. The van der Waals surface area contributed by atoms with Crippen LogP contribution in [0.3, 0.4) is 0 Å². The molecule has 11 atom stereocenters. The quantitative estimate of drug-likeness (QED) is 0.133. The van der Waals surface area contributed by atoms with Crippen LogP contribution in [0.15, 0.2) is 72.0 Å². The van der Waals surface area contributed by atoms with Gasteiger partial charge in [-0.2, -0.15) is 0 Å². The summed E-state index contributed by atoms with van der Waals surface area (Å²) in [7, 11) is -2.51. The van der Waals surface area contributed by atoms with E-state index in [1.165, 1.54) is 13.8 Å². The molecule has 4 fully saturated rings. The Morgan fingerprint density at radius 3 is 2.10 bits per heavy atom. The van der Waals surface area contributed by atoms with Crippen LogP contribution in [-0.4, -0.2) is 85.3 Å². The van der Waals surface area contributed by atoms with E-state index in [0.29, 0.717) is 24.0 Å². The Kier molecular flexibility index (Phi) is 11.6. The van der Waals surface area contributed by atoms with E-state index in [2.05, 4.69) is 0 Å². The summed E-state index contributed by atoms with van der Waals surface area (Å²) in [5, 5.41) is 13.8. The number of esters is 4. The van der Waals surface area contributed by atoms with Gasteiger partial charge in [-0.1, -0.05) is 83.1 Å². The van der Waals surface area contributed by atoms with Crippen LogP contribution in [0.4, 0.5) is 0 Å². The zero-order valence-electron chi connectivity index (χ0n) is 35.9. The highest BCUT2D eigenvalue weighted by atomic mass is 28.4. The van der Waals surface area contributed by atoms with Crippen molar-refractivity contribution in [2.45, 2.75) is 134 Å². The number of aliphatic hydroxyl groups is 1. The van der Waals surface area contributed by atoms with Crippen molar-refractivity contribution in [2.75, 3.05) is 6.61 Å². The smallest absolute Gasteiger partial charge is 0.341 e. The topological polar surface area (TPSA) is 187 Å². The van der Waals surface area contributed by atoms with Gasteiger partial charge in [0.2, 0.25) is 0 Å². The normalized spacial score (nSPS) is 33.5. The van der Waals surface area contributed by atoms with Gasteiger partial charge in [0.15, 0.2) is 31.9 Å².